The molecular formula is C15H25N3O2. The zero-order chi connectivity index (χ0) is 14.8. The number of para-hydroxylation sites is 1. The van der Waals surface area contributed by atoms with Crippen LogP contribution in [0.15, 0.2) is 24.3 Å². The Hall–Kier alpha value is -1.43. The number of anilines is 1. The Morgan fingerprint density at radius 2 is 2.00 bits per heavy atom. The molecule has 0 unspecified atom stereocenters. The second kappa shape index (κ2) is 9.47. The topological polar surface area (TPSA) is 53.6 Å². The van der Waals surface area contributed by atoms with E-state index >= 15 is 0 Å². The molecule has 0 spiro atoms. The summed E-state index contributed by atoms with van der Waals surface area (Å²) in [7, 11) is 4.06. The van der Waals surface area contributed by atoms with E-state index in [1.165, 1.54) is 6.92 Å². The van der Waals surface area contributed by atoms with E-state index in [0.717, 1.165) is 30.9 Å². The number of nitrogens with zero attached hydrogens (tertiary/aromatic N) is 1. The van der Waals surface area contributed by atoms with E-state index in [2.05, 4.69) is 15.5 Å². The number of nitrogens with one attached hydrogen (secondary N) is 2. The van der Waals surface area contributed by atoms with Gasteiger partial charge in [-0.1, -0.05) is 18.2 Å². The predicted octanol–water partition coefficient (Wildman–Crippen LogP) is 1.31. The van der Waals surface area contributed by atoms with Crippen molar-refractivity contribution in [3.05, 3.63) is 29.8 Å². The summed E-state index contributed by atoms with van der Waals surface area (Å²) >= 11 is 0. The highest BCUT2D eigenvalue weighted by Crippen LogP contribution is 2.14. The van der Waals surface area contributed by atoms with Gasteiger partial charge in [0.25, 0.3) is 0 Å². The molecule has 0 aliphatic rings. The van der Waals surface area contributed by atoms with Gasteiger partial charge in [-0.3, -0.25) is 4.79 Å². The van der Waals surface area contributed by atoms with Crippen LogP contribution in [0.5, 0.6) is 0 Å². The Morgan fingerprint density at radius 3 is 2.70 bits per heavy atom. The molecule has 2 N–H and O–H groups in total. The Balaban J connectivity index is 2.23. The van der Waals surface area contributed by atoms with E-state index in [-0.39, 0.29) is 5.91 Å². The minimum atomic E-state index is -0.0514. The summed E-state index contributed by atoms with van der Waals surface area (Å²) < 4.78 is 5.50. The lowest BCUT2D eigenvalue weighted by atomic mass is 10.1. The van der Waals surface area contributed by atoms with Crippen LogP contribution in [-0.2, 0) is 16.1 Å². The second-order valence-electron chi connectivity index (χ2n) is 4.93. The fraction of sp³-hybridized carbons (Fsp3) is 0.533. The first-order valence-corrected chi connectivity index (χ1v) is 6.88. The Labute approximate surface area is 121 Å². The average Bonchev–Trinajstić information content (AvgIpc) is 2.38. The summed E-state index contributed by atoms with van der Waals surface area (Å²) in [5.41, 5.74) is 1.94. The Kier molecular flexibility index (Phi) is 7.87. The van der Waals surface area contributed by atoms with Crippen LogP contribution in [0.2, 0.25) is 0 Å². The normalized spacial score (nSPS) is 10.8. The Morgan fingerprint density at radius 1 is 1.25 bits per heavy atom. The standard InChI is InChI=1S/C15H25N3O2/c1-13(19)17-15-7-5-4-6-14(15)12-16-8-10-20-11-9-18(2)3/h4-7,16H,8-12H2,1-3H3,(H,17,19). The predicted molar refractivity (Wildman–Crippen MR) is 81.8 cm³/mol. The zero-order valence-corrected chi connectivity index (χ0v) is 12.6. The van der Waals surface area contributed by atoms with Gasteiger partial charge in [-0.05, 0) is 25.7 Å². The van der Waals surface area contributed by atoms with Crippen LogP contribution < -0.4 is 10.6 Å². The SMILES string of the molecule is CC(=O)Nc1ccccc1CNCCOCCN(C)C. The maximum Gasteiger partial charge on any atom is 0.221 e. The number of ether oxygens (including phenoxy) is 1. The summed E-state index contributed by atoms with van der Waals surface area (Å²) in [4.78, 5) is 13.2. The third-order valence-corrected chi connectivity index (χ3v) is 2.75. The molecule has 0 saturated heterocycles. The van der Waals surface area contributed by atoms with E-state index < -0.39 is 0 Å². The second-order valence-corrected chi connectivity index (χ2v) is 4.93. The number of carbonyl (C=O) groups excluding carboxylic acids is 1. The average molecular weight is 279 g/mol. The minimum absolute atomic E-state index is 0.0514. The van der Waals surface area contributed by atoms with Gasteiger partial charge < -0.3 is 20.3 Å². The third-order valence-electron chi connectivity index (χ3n) is 2.75. The zero-order valence-electron chi connectivity index (χ0n) is 12.6. The molecule has 5 heteroatoms. The summed E-state index contributed by atoms with van der Waals surface area (Å²) in [6.45, 7) is 5.40. The smallest absolute Gasteiger partial charge is 0.221 e. The van der Waals surface area contributed by atoms with Crippen molar-refractivity contribution < 1.29 is 9.53 Å². The lowest BCUT2D eigenvalue weighted by Gasteiger charge is -2.12. The van der Waals surface area contributed by atoms with Crippen LogP contribution in [0.25, 0.3) is 0 Å². The van der Waals surface area contributed by atoms with Crippen molar-refractivity contribution in [2.45, 2.75) is 13.5 Å². The van der Waals surface area contributed by atoms with Crippen molar-refractivity contribution in [3.8, 4) is 0 Å². The molecule has 5 nitrogen and oxygen atoms in total. The molecule has 0 radical (unpaired) electrons. The first-order chi connectivity index (χ1) is 9.59. The lowest BCUT2D eigenvalue weighted by molar-refractivity contribution is -0.114. The molecule has 0 saturated carbocycles. The lowest BCUT2D eigenvalue weighted by Crippen LogP contribution is -2.23. The number of amides is 1. The fourth-order valence-corrected chi connectivity index (χ4v) is 1.70. The van der Waals surface area contributed by atoms with Crippen LogP contribution in [0, 0.1) is 0 Å². The summed E-state index contributed by atoms with van der Waals surface area (Å²) in [5.74, 6) is -0.0514. The molecule has 0 aliphatic heterocycles. The van der Waals surface area contributed by atoms with Gasteiger partial charge in [0.1, 0.15) is 0 Å². The van der Waals surface area contributed by atoms with Crippen molar-refractivity contribution in [3.63, 3.8) is 0 Å². The van der Waals surface area contributed by atoms with Crippen LogP contribution in [0.1, 0.15) is 12.5 Å². The number of hydrogen-bond donors (Lipinski definition) is 2. The van der Waals surface area contributed by atoms with E-state index in [0.29, 0.717) is 13.2 Å². The molecule has 1 aromatic rings. The molecule has 0 atom stereocenters. The number of rotatable bonds is 9. The first kappa shape index (κ1) is 16.6. The van der Waals surface area contributed by atoms with Gasteiger partial charge in [0.15, 0.2) is 0 Å². The Bertz CT molecular complexity index is 408. The van der Waals surface area contributed by atoms with Gasteiger partial charge in [-0.25, -0.2) is 0 Å². The molecule has 1 rings (SSSR count). The molecule has 0 aliphatic carbocycles. The van der Waals surface area contributed by atoms with Gasteiger partial charge in [-0.2, -0.15) is 0 Å². The molecule has 112 valence electrons. The largest absolute Gasteiger partial charge is 0.379 e. The number of hydrogen-bond acceptors (Lipinski definition) is 4. The van der Waals surface area contributed by atoms with Crippen LogP contribution in [0.4, 0.5) is 5.69 Å². The molecule has 1 amide bonds. The van der Waals surface area contributed by atoms with Crippen LogP contribution in [0.3, 0.4) is 0 Å². The minimum Gasteiger partial charge on any atom is -0.379 e. The van der Waals surface area contributed by atoms with E-state index in [1.807, 2.05) is 38.4 Å². The fourth-order valence-electron chi connectivity index (χ4n) is 1.70. The van der Waals surface area contributed by atoms with Crippen molar-refractivity contribution in [1.29, 1.82) is 0 Å². The molecule has 0 heterocycles. The maximum absolute atomic E-state index is 11.1. The van der Waals surface area contributed by atoms with Gasteiger partial charge in [-0.15, -0.1) is 0 Å². The molecular weight excluding hydrogens is 254 g/mol. The number of carbonyl (C=O) groups is 1. The van der Waals surface area contributed by atoms with Crippen LogP contribution in [-0.4, -0.2) is 51.2 Å². The maximum atomic E-state index is 11.1. The van der Waals surface area contributed by atoms with Gasteiger partial charge in [0.05, 0.1) is 13.2 Å². The quantitative estimate of drug-likeness (QED) is 0.669. The van der Waals surface area contributed by atoms with Crippen molar-refractivity contribution in [2.24, 2.45) is 0 Å². The molecule has 0 bridgehead atoms. The van der Waals surface area contributed by atoms with Crippen LogP contribution >= 0.6 is 0 Å². The van der Waals surface area contributed by atoms with Crippen molar-refractivity contribution in [2.75, 3.05) is 45.7 Å². The van der Waals surface area contributed by atoms with Gasteiger partial charge >= 0.3 is 0 Å². The van der Waals surface area contributed by atoms with Crippen molar-refractivity contribution in [1.82, 2.24) is 10.2 Å². The van der Waals surface area contributed by atoms with E-state index in [1.54, 1.807) is 0 Å². The van der Waals surface area contributed by atoms with Gasteiger partial charge in [0.2, 0.25) is 5.91 Å². The monoisotopic (exact) mass is 279 g/mol. The highest BCUT2D eigenvalue weighted by molar-refractivity contribution is 5.89. The number of benzene rings is 1. The number of likely N-dealkylation sites (N-methyl/N-ethyl adjacent to an activating group) is 1. The van der Waals surface area contributed by atoms with Gasteiger partial charge in [0, 0.05) is 32.2 Å². The van der Waals surface area contributed by atoms with E-state index in [4.69, 9.17) is 4.74 Å². The summed E-state index contributed by atoms with van der Waals surface area (Å²) in [6, 6.07) is 7.80. The molecule has 1 aromatic carbocycles. The highest BCUT2D eigenvalue weighted by Gasteiger charge is 2.02. The molecule has 0 fully saturated rings. The molecule has 0 aromatic heterocycles. The molecule has 20 heavy (non-hydrogen) atoms. The highest BCUT2D eigenvalue weighted by atomic mass is 16.5. The summed E-state index contributed by atoms with van der Waals surface area (Å²) in [6.07, 6.45) is 0. The summed E-state index contributed by atoms with van der Waals surface area (Å²) in [5, 5.41) is 6.14. The van der Waals surface area contributed by atoms with E-state index in [9.17, 15) is 4.79 Å². The van der Waals surface area contributed by atoms with Crippen molar-refractivity contribution >= 4 is 11.6 Å². The first-order valence-electron chi connectivity index (χ1n) is 6.88. The third kappa shape index (κ3) is 7.23.